The number of halogens is 4. The highest BCUT2D eigenvalue weighted by molar-refractivity contribution is 5.28. The second-order valence-electron chi connectivity index (χ2n) is 2.77. The van der Waals surface area contributed by atoms with E-state index in [2.05, 4.69) is 9.72 Å². The van der Waals surface area contributed by atoms with E-state index in [1.165, 1.54) is 19.9 Å². The van der Waals surface area contributed by atoms with Crippen LogP contribution in [0.4, 0.5) is 17.6 Å². The molecule has 0 aliphatic rings. The number of aromatic nitrogens is 1. The first-order valence-corrected chi connectivity index (χ1v) is 3.69. The topological polar surface area (TPSA) is 22.1 Å². The number of aryl methyl sites for hydroxylation is 2. The molecule has 6 heteroatoms. The van der Waals surface area contributed by atoms with Crippen molar-refractivity contribution in [3.63, 3.8) is 0 Å². The molecule has 78 valence electrons. The maximum Gasteiger partial charge on any atom is 0.574 e. The van der Waals surface area contributed by atoms with Crippen molar-refractivity contribution in [2.75, 3.05) is 0 Å². The number of alkyl halides is 3. The van der Waals surface area contributed by atoms with Crippen LogP contribution in [-0.2, 0) is 0 Å². The van der Waals surface area contributed by atoms with Crippen molar-refractivity contribution >= 4 is 0 Å². The Morgan fingerprint density at radius 1 is 1.21 bits per heavy atom. The normalized spacial score (nSPS) is 11.6. The largest absolute Gasteiger partial charge is 0.574 e. The lowest BCUT2D eigenvalue weighted by Crippen LogP contribution is -2.19. The molecule has 1 heterocycles. The Morgan fingerprint density at radius 3 is 2.29 bits per heavy atom. The summed E-state index contributed by atoms with van der Waals surface area (Å²) in [6, 6.07) is 1.24. The van der Waals surface area contributed by atoms with Crippen LogP contribution in [0.3, 0.4) is 0 Å². The van der Waals surface area contributed by atoms with Gasteiger partial charge in [-0.1, -0.05) is 0 Å². The fourth-order valence-electron chi connectivity index (χ4n) is 0.924. The predicted octanol–water partition coefficient (Wildman–Crippen LogP) is 2.74. The summed E-state index contributed by atoms with van der Waals surface area (Å²) in [6.45, 7) is 2.77. The monoisotopic (exact) mass is 209 g/mol. The Morgan fingerprint density at radius 2 is 1.79 bits per heavy atom. The van der Waals surface area contributed by atoms with E-state index < -0.39 is 18.2 Å². The van der Waals surface area contributed by atoms with Gasteiger partial charge in [0.1, 0.15) is 0 Å². The van der Waals surface area contributed by atoms with Crippen molar-refractivity contribution in [1.29, 1.82) is 0 Å². The van der Waals surface area contributed by atoms with Gasteiger partial charge in [0, 0.05) is 11.1 Å². The van der Waals surface area contributed by atoms with Gasteiger partial charge in [-0.15, -0.1) is 13.2 Å². The first-order valence-electron chi connectivity index (χ1n) is 3.69. The third-order valence-electron chi connectivity index (χ3n) is 1.51. The van der Waals surface area contributed by atoms with E-state index in [1.54, 1.807) is 0 Å². The Kier molecular flexibility index (Phi) is 2.64. The first kappa shape index (κ1) is 10.7. The van der Waals surface area contributed by atoms with Crippen molar-refractivity contribution < 1.29 is 22.3 Å². The molecule has 1 aromatic heterocycles. The van der Waals surface area contributed by atoms with Gasteiger partial charge in [0.15, 0.2) is 0 Å². The van der Waals surface area contributed by atoms with E-state index >= 15 is 0 Å². The van der Waals surface area contributed by atoms with Crippen LogP contribution in [0.1, 0.15) is 11.1 Å². The molecule has 0 saturated carbocycles. The Labute approximate surface area is 77.5 Å². The molecule has 0 saturated heterocycles. The van der Waals surface area contributed by atoms with Crippen molar-refractivity contribution in [3.05, 3.63) is 23.1 Å². The summed E-state index contributed by atoms with van der Waals surface area (Å²) >= 11 is 0. The summed E-state index contributed by atoms with van der Waals surface area (Å²) in [5, 5.41) is 0. The summed E-state index contributed by atoms with van der Waals surface area (Å²) in [4.78, 5) is 3.05. The second-order valence-corrected chi connectivity index (χ2v) is 2.77. The molecule has 0 N–H and O–H groups in total. The Hall–Kier alpha value is -1.33. The lowest BCUT2D eigenvalue weighted by atomic mass is 10.2. The Bertz CT molecular complexity index is 348. The lowest BCUT2D eigenvalue weighted by molar-refractivity contribution is -0.276. The van der Waals surface area contributed by atoms with Gasteiger partial charge in [0.2, 0.25) is 11.8 Å². The zero-order valence-electron chi connectivity index (χ0n) is 7.44. The Balaban J connectivity index is 3.04. The van der Waals surface area contributed by atoms with E-state index in [-0.39, 0.29) is 11.1 Å². The lowest BCUT2D eigenvalue weighted by Gasteiger charge is -2.10. The minimum atomic E-state index is -4.85. The van der Waals surface area contributed by atoms with Gasteiger partial charge < -0.3 is 4.74 Å². The molecule has 0 aromatic carbocycles. The highest BCUT2D eigenvalue weighted by Crippen LogP contribution is 2.25. The summed E-state index contributed by atoms with van der Waals surface area (Å²) in [5.74, 6) is -1.71. The van der Waals surface area contributed by atoms with Crippen molar-refractivity contribution in [2.24, 2.45) is 0 Å². The van der Waals surface area contributed by atoms with Gasteiger partial charge in [-0.2, -0.15) is 9.37 Å². The van der Waals surface area contributed by atoms with Crippen molar-refractivity contribution in [1.82, 2.24) is 4.98 Å². The molecular weight excluding hydrogens is 202 g/mol. The smallest absolute Gasteiger partial charge is 0.387 e. The van der Waals surface area contributed by atoms with Crippen LogP contribution in [-0.4, -0.2) is 11.3 Å². The summed E-state index contributed by atoms with van der Waals surface area (Å²) in [7, 11) is 0. The van der Waals surface area contributed by atoms with Crippen LogP contribution in [0, 0.1) is 19.8 Å². The molecule has 0 fully saturated rings. The average molecular weight is 209 g/mol. The molecule has 0 unspecified atom stereocenters. The molecule has 0 bridgehead atoms. The average Bonchev–Trinajstić information content (AvgIpc) is 1.97. The van der Waals surface area contributed by atoms with E-state index in [0.717, 1.165) is 0 Å². The van der Waals surface area contributed by atoms with Crippen LogP contribution in [0.5, 0.6) is 5.88 Å². The van der Waals surface area contributed by atoms with E-state index in [1.807, 2.05) is 0 Å². The third kappa shape index (κ3) is 2.58. The van der Waals surface area contributed by atoms with Gasteiger partial charge in [-0.3, -0.25) is 0 Å². The van der Waals surface area contributed by atoms with Crippen LogP contribution < -0.4 is 4.74 Å². The van der Waals surface area contributed by atoms with Gasteiger partial charge in [-0.25, -0.2) is 0 Å². The quantitative estimate of drug-likeness (QED) is 0.524. The molecule has 0 spiro atoms. The molecule has 0 amide bonds. The minimum absolute atomic E-state index is 0.140. The van der Waals surface area contributed by atoms with E-state index in [9.17, 15) is 17.6 Å². The fraction of sp³-hybridized carbons (Fsp3) is 0.375. The molecule has 1 aromatic rings. The molecule has 1 rings (SSSR count). The molecule has 0 atom stereocenters. The van der Waals surface area contributed by atoms with Crippen molar-refractivity contribution in [3.8, 4) is 5.88 Å². The molecular formula is C8H7F4NO. The van der Waals surface area contributed by atoms with Gasteiger partial charge in [0.25, 0.3) is 0 Å². The molecule has 0 radical (unpaired) electrons. The van der Waals surface area contributed by atoms with E-state index in [0.29, 0.717) is 0 Å². The number of hydrogen-bond acceptors (Lipinski definition) is 2. The van der Waals surface area contributed by atoms with Gasteiger partial charge in [-0.05, 0) is 19.9 Å². The predicted molar refractivity (Wildman–Crippen MR) is 40.4 cm³/mol. The molecule has 14 heavy (non-hydrogen) atoms. The van der Waals surface area contributed by atoms with Crippen LogP contribution in [0.25, 0.3) is 0 Å². The third-order valence-corrected chi connectivity index (χ3v) is 1.51. The summed E-state index contributed by atoms with van der Waals surface area (Å²) in [6.07, 6.45) is -4.85. The number of nitrogens with zero attached hydrogens (tertiary/aromatic N) is 1. The number of rotatable bonds is 1. The zero-order chi connectivity index (χ0) is 10.9. The number of pyridine rings is 1. The van der Waals surface area contributed by atoms with E-state index in [4.69, 9.17) is 0 Å². The van der Waals surface area contributed by atoms with Crippen LogP contribution in [0.2, 0.25) is 0 Å². The summed E-state index contributed by atoms with van der Waals surface area (Å²) in [5.41, 5.74) is 0.318. The number of ether oxygens (including phenoxy) is 1. The number of hydrogen-bond donors (Lipinski definition) is 0. The van der Waals surface area contributed by atoms with Crippen molar-refractivity contribution in [2.45, 2.75) is 20.2 Å². The minimum Gasteiger partial charge on any atom is -0.387 e. The second kappa shape index (κ2) is 3.43. The van der Waals surface area contributed by atoms with Crippen LogP contribution in [0.15, 0.2) is 6.07 Å². The first-order chi connectivity index (χ1) is 6.29. The van der Waals surface area contributed by atoms with Gasteiger partial charge >= 0.3 is 6.36 Å². The molecule has 0 aliphatic carbocycles. The fourth-order valence-corrected chi connectivity index (χ4v) is 0.924. The molecule has 2 nitrogen and oxygen atoms in total. The zero-order valence-corrected chi connectivity index (χ0v) is 7.44. The molecule has 0 aliphatic heterocycles. The standard InChI is InChI=1S/C8H7F4NO/c1-4-3-5(2)7(13-6(4)9)14-8(10,11)12/h3H,1-2H3. The van der Waals surface area contributed by atoms with Crippen LogP contribution >= 0.6 is 0 Å². The van der Waals surface area contributed by atoms with Gasteiger partial charge in [0.05, 0.1) is 0 Å². The maximum atomic E-state index is 12.8. The SMILES string of the molecule is Cc1cc(C)c(OC(F)(F)F)nc1F. The summed E-state index contributed by atoms with van der Waals surface area (Å²) < 4.78 is 51.6. The highest BCUT2D eigenvalue weighted by atomic mass is 19.4. The highest BCUT2D eigenvalue weighted by Gasteiger charge is 2.32. The maximum absolute atomic E-state index is 12.8.